The SMILES string of the molecule is Cc1ccc2c(c1)[C@H]1CN(C)CC[C@H]1N2C(=O)/C=C/c1ccccc1. The third-order valence-corrected chi connectivity index (χ3v) is 5.41. The molecule has 0 saturated carbocycles. The van der Waals surface area contributed by atoms with Crippen molar-refractivity contribution in [3.63, 3.8) is 0 Å². The smallest absolute Gasteiger partial charge is 0.251 e. The van der Waals surface area contributed by atoms with Crippen molar-refractivity contribution in [1.29, 1.82) is 0 Å². The van der Waals surface area contributed by atoms with Gasteiger partial charge in [0.2, 0.25) is 0 Å². The number of amides is 1. The lowest BCUT2D eigenvalue weighted by Crippen LogP contribution is -2.46. The molecule has 2 heterocycles. The first kappa shape index (κ1) is 16.1. The molecular formula is C22H24N2O. The highest BCUT2D eigenvalue weighted by Gasteiger charge is 2.43. The zero-order valence-corrected chi connectivity index (χ0v) is 14.9. The van der Waals surface area contributed by atoms with Gasteiger partial charge >= 0.3 is 0 Å². The number of hydrogen-bond donors (Lipinski definition) is 0. The van der Waals surface area contributed by atoms with Crippen LogP contribution in [0.1, 0.15) is 29.0 Å². The predicted octanol–water partition coefficient (Wildman–Crippen LogP) is 3.84. The third-order valence-electron chi connectivity index (χ3n) is 5.41. The van der Waals surface area contributed by atoms with Crippen LogP contribution >= 0.6 is 0 Å². The van der Waals surface area contributed by atoms with Gasteiger partial charge < -0.3 is 9.80 Å². The van der Waals surface area contributed by atoms with E-state index in [-0.39, 0.29) is 11.9 Å². The maximum absolute atomic E-state index is 13.0. The minimum Gasteiger partial charge on any atom is -0.306 e. The van der Waals surface area contributed by atoms with E-state index in [4.69, 9.17) is 0 Å². The van der Waals surface area contributed by atoms with Gasteiger partial charge in [-0.25, -0.2) is 0 Å². The van der Waals surface area contributed by atoms with Gasteiger partial charge in [-0.05, 0) is 50.2 Å². The number of fused-ring (bicyclic) bond motifs is 3. The van der Waals surface area contributed by atoms with E-state index in [1.807, 2.05) is 41.3 Å². The van der Waals surface area contributed by atoms with Crippen LogP contribution in [0.5, 0.6) is 0 Å². The molecule has 0 spiro atoms. The zero-order chi connectivity index (χ0) is 17.4. The number of carbonyl (C=O) groups is 1. The van der Waals surface area contributed by atoms with E-state index in [9.17, 15) is 4.79 Å². The molecule has 25 heavy (non-hydrogen) atoms. The monoisotopic (exact) mass is 332 g/mol. The van der Waals surface area contributed by atoms with E-state index in [2.05, 4.69) is 37.1 Å². The Balaban J connectivity index is 1.66. The van der Waals surface area contributed by atoms with Crippen LogP contribution in [0.15, 0.2) is 54.6 Å². The van der Waals surface area contributed by atoms with Crippen molar-refractivity contribution < 1.29 is 4.79 Å². The Morgan fingerprint density at radius 2 is 1.96 bits per heavy atom. The third kappa shape index (κ3) is 3.00. The standard InChI is InChI=1S/C22H24N2O/c1-16-8-10-20-18(14-16)19-15-23(2)13-12-21(19)24(20)22(25)11-9-17-6-4-3-5-7-17/h3-11,14,19,21H,12-13,15H2,1-2H3/b11-9+/t19-,21-/m1/s1. The van der Waals surface area contributed by atoms with Crippen molar-refractivity contribution in [1.82, 2.24) is 4.90 Å². The molecular weight excluding hydrogens is 308 g/mol. The average molecular weight is 332 g/mol. The summed E-state index contributed by atoms with van der Waals surface area (Å²) in [5, 5.41) is 0. The molecule has 0 bridgehead atoms. The fraction of sp³-hybridized carbons (Fsp3) is 0.318. The molecule has 2 aliphatic heterocycles. The van der Waals surface area contributed by atoms with Crippen LogP contribution < -0.4 is 4.90 Å². The number of aryl methyl sites for hydroxylation is 1. The Hall–Kier alpha value is -2.39. The van der Waals surface area contributed by atoms with Crippen LogP contribution in [-0.4, -0.2) is 37.0 Å². The molecule has 1 amide bonds. The summed E-state index contributed by atoms with van der Waals surface area (Å²) in [5.41, 5.74) is 4.75. The molecule has 2 aromatic rings. The minimum absolute atomic E-state index is 0.0889. The van der Waals surface area contributed by atoms with Gasteiger partial charge in [0.05, 0.1) is 0 Å². The number of rotatable bonds is 2. The van der Waals surface area contributed by atoms with E-state index < -0.39 is 0 Å². The number of hydrogen-bond acceptors (Lipinski definition) is 2. The van der Waals surface area contributed by atoms with E-state index >= 15 is 0 Å². The van der Waals surface area contributed by atoms with Crippen LogP contribution in [0.25, 0.3) is 6.08 Å². The second kappa shape index (κ2) is 6.49. The summed E-state index contributed by atoms with van der Waals surface area (Å²) in [6, 6.07) is 16.8. The molecule has 0 N–H and O–H groups in total. The largest absolute Gasteiger partial charge is 0.306 e. The molecule has 128 valence electrons. The lowest BCUT2D eigenvalue weighted by atomic mass is 9.89. The summed E-state index contributed by atoms with van der Waals surface area (Å²) >= 11 is 0. The summed E-state index contributed by atoms with van der Waals surface area (Å²) in [5.74, 6) is 0.508. The van der Waals surface area contributed by atoms with Crippen molar-refractivity contribution in [2.45, 2.75) is 25.3 Å². The molecule has 0 radical (unpaired) electrons. The predicted molar refractivity (Wildman–Crippen MR) is 103 cm³/mol. The molecule has 0 aromatic heterocycles. The number of likely N-dealkylation sites (tertiary alicyclic amines) is 1. The van der Waals surface area contributed by atoms with Crippen LogP contribution in [0.2, 0.25) is 0 Å². The summed E-state index contributed by atoms with van der Waals surface area (Å²) < 4.78 is 0. The van der Waals surface area contributed by atoms with Crippen LogP contribution in [0.4, 0.5) is 5.69 Å². The maximum Gasteiger partial charge on any atom is 0.251 e. The maximum atomic E-state index is 13.0. The average Bonchev–Trinajstić information content (AvgIpc) is 2.93. The van der Waals surface area contributed by atoms with E-state index in [1.165, 1.54) is 11.1 Å². The summed E-state index contributed by atoms with van der Waals surface area (Å²) in [7, 11) is 2.17. The number of carbonyl (C=O) groups excluding carboxylic acids is 1. The Labute approximate surface area is 149 Å². The fourth-order valence-electron chi connectivity index (χ4n) is 4.18. The summed E-state index contributed by atoms with van der Waals surface area (Å²) in [6.45, 7) is 4.19. The number of benzene rings is 2. The van der Waals surface area contributed by atoms with Gasteiger partial charge in [-0.2, -0.15) is 0 Å². The Bertz CT molecular complexity index is 812. The molecule has 2 atom stereocenters. The second-order valence-electron chi connectivity index (χ2n) is 7.24. The van der Waals surface area contributed by atoms with Gasteiger partial charge in [0.15, 0.2) is 0 Å². The van der Waals surface area contributed by atoms with Crippen LogP contribution in [0.3, 0.4) is 0 Å². The van der Waals surface area contributed by atoms with Gasteiger partial charge in [-0.1, -0.05) is 48.0 Å². The summed E-state index contributed by atoms with van der Waals surface area (Å²) in [4.78, 5) is 17.4. The molecule has 0 unspecified atom stereocenters. The minimum atomic E-state index is 0.0889. The Morgan fingerprint density at radius 3 is 2.76 bits per heavy atom. The van der Waals surface area contributed by atoms with Crippen molar-refractivity contribution in [3.8, 4) is 0 Å². The quantitative estimate of drug-likeness (QED) is 0.780. The van der Waals surface area contributed by atoms with Crippen LogP contribution in [-0.2, 0) is 4.79 Å². The summed E-state index contributed by atoms with van der Waals surface area (Å²) in [6.07, 6.45) is 4.66. The molecule has 0 aliphatic carbocycles. The van der Waals surface area contributed by atoms with Gasteiger partial charge in [0.25, 0.3) is 5.91 Å². The first-order chi connectivity index (χ1) is 12.1. The molecule has 2 aromatic carbocycles. The Kier molecular flexibility index (Phi) is 4.18. The highest BCUT2D eigenvalue weighted by Crippen LogP contribution is 2.45. The van der Waals surface area contributed by atoms with Crippen molar-refractivity contribution >= 4 is 17.7 Å². The van der Waals surface area contributed by atoms with Gasteiger partial charge in [-0.3, -0.25) is 4.79 Å². The molecule has 1 saturated heterocycles. The molecule has 4 rings (SSSR count). The first-order valence-electron chi connectivity index (χ1n) is 8.99. The van der Waals surface area contributed by atoms with Crippen molar-refractivity contribution in [2.24, 2.45) is 0 Å². The van der Waals surface area contributed by atoms with Crippen molar-refractivity contribution in [2.75, 3.05) is 25.0 Å². The van der Waals surface area contributed by atoms with E-state index in [1.54, 1.807) is 6.08 Å². The number of nitrogens with zero attached hydrogens (tertiary/aromatic N) is 2. The lowest BCUT2D eigenvalue weighted by Gasteiger charge is -2.36. The number of piperidine rings is 1. The van der Waals surface area contributed by atoms with Crippen LogP contribution in [0, 0.1) is 6.92 Å². The van der Waals surface area contributed by atoms with Gasteiger partial charge in [0, 0.05) is 30.3 Å². The normalized spacial score (nSPS) is 22.9. The molecule has 3 nitrogen and oxygen atoms in total. The lowest BCUT2D eigenvalue weighted by molar-refractivity contribution is -0.114. The van der Waals surface area contributed by atoms with Gasteiger partial charge in [0.1, 0.15) is 0 Å². The number of likely N-dealkylation sites (N-methyl/N-ethyl adjacent to an activating group) is 1. The topological polar surface area (TPSA) is 23.6 Å². The Morgan fingerprint density at radius 1 is 1.16 bits per heavy atom. The molecule has 2 aliphatic rings. The van der Waals surface area contributed by atoms with Gasteiger partial charge in [-0.15, -0.1) is 0 Å². The zero-order valence-electron chi connectivity index (χ0n) is 14.9. The van der Waals surface area contributed by atoms with E-state index in [0.717, 1.165) is 30.8 Å². The highest BCUT2D eigenvalue weighted by molar-refractivity contribution is 6.06. The number of anilines is 1. The van der Waals surface area contributed by atoms with Crippen molar-refractivity contribution in [3.05, 3.63) is 71.3 Å². The highest BCUT2D eigenvalue weighted by atomic mass is 16.2. The molecule has 3 heteroatoms. The first-order valence-corrected chi connectivity index (χ1v) is 8.99. The molecule has 1 fully saturated rings. The fourth-order valence-corrected chi connectivity index (χ4v) is 4.18. The van der Waals surface area contributed by atoms with E-state index in [0.29, 0.717) is 5.92 Å². The second-order valence-corrected chi connectivity index (χ2v) is 7.24.